The van der Waals surface area contributed by atoms with Crippen molar-refractivity contribution in [2.75, 3.05) is 25.1 Å². The van der Waals surface area contributed by atoms with E-state index in [1.54, 1.807) is 0 Å². The molecule has 0 heterocycles. The number of ether oxygens (including phenoxy) is 1. The Morgan fingerprint density at radius 1 is 0.308 bits per heavy atom. The summed E-state index contributed by atoms with van der Waals surface area (Å²) in [6.07, 6.45) is 3.09. The van der Waals surface area contributed by atoms with E-state index < -0.39 is 23.8 Å². The molecular weight excluding hydrogens is 685 g/mol. The number of benzene rings is 7. The van der Waals surface area contributed by atoms with E-state index in [2.05, 4.69) is 212 Å². The molecule has 0 saturated carbocycles. The molecule has 7 rings (SSSR count). The molecule has 0 saturated heterocycles. The van der Waals surface area contributed by atoms with Gasteiger partial charge in [0.1, 0.15) is 0 Å². The highest BCUT2D eigenvalue weighted by Crippen LogP contribution is 2.52. The molecule has 0 amide bonds. The van der Waals surface area contributed by atoms with Crippen molar-refractivity contribution in [3.8, 4) is 0 Å². The minimum absolute atomic E-state index is 0.166. The molecule has 1 nitrogen and oxygen atoms in total. The third-order valence-electron chi connectivity index (χ3n) is 9.41. The van der Waals surface area contributed by atoms with Crippen LogP contribution >= 0.6 is 23.8 Å². The molecule has 258 valence electrons. The van der Waals surface area contributed by atoms with Gasteiger partial charge < -0.3 is 4.74 Å². The molecule has 0 aliphatic carbocycles. The summed E-state index contributed by atoms with van der Waals surface area (Å²) >= 11 is 0. The van der Waals surface area contributed by atoms with Gasteiger partial charge in [-0.15, -0.1) is 0 Å². The van der Waals surface area contributed by atoms with Crippen LogP contribution in [0.4, 0.5) is 0 Å². The van der Waals surface area contributed by atoms with E-state index in [4.69, 9.17) is 4.74 Å². The maximum atomic E-state index is 7.03. The summed E-state index contributed by atoms with van der Waals surface area (Å²) in [7, 11) is -2.12. The van der Waals surface area contributed by atoms with E-state index in [9.17, 15) is 0 Å². The second-order valence-electron chi connectivity index (χ2n) is 13.3. The van der Waals surface area contributed by atoms with Gasteiger partial charge in [0.15, 0.2) is 0 Å². The fourth-order valence-corrected chi connectivity index (χ4v) is 15.6. The lowest BCUT2D eigenvalue weighted by Gasteiger charge is -2.42. The molecule has 7 aromatic rings. The van der Waals surface area contributed by atoms with Crippen molar-refractivity contribution in [2.45, 2.75) is 6.61 Å². The maximum absolute atomic E-state index is 7.03. The molecule has 0 aliphatic heterocycles. The summed E-state index contributed by atoms with van der Waals surface area (Å²) in [5, 5.41) is 8.52. The Morgan fingerprint density at radius 3 is 0.788 bits per heavy atom. The third kappa shape index (κ3) is 9.61. The molecule has 4 heteroatoms. The van der Waals surface area contributed by atoms with E-state index >= 15 is 0 Å². The quantitative estimate of drug-likeness (QED) is 0.0901. The molecule has 0 unspecified atom stereocenters. The van der Waals surface area contributed by atoms with Crippen LogP contribution < -0.4 is 31.8 Å². The van der Waals surface area contributed by atoms with Crippen molar-refractivity contribution < 1.29 is 4.74 Å². The highest BCUT2D eigenvalue weighted by molar-refractivity contribution is 7.75. The number of hydrogen-bond acceptors (Lipinski definition) is 1. The lowest BCUT2D eigenvalue weighted by Crippen LogP contribution is -2.42. The molecule has 0 aromatic heterocycles. The van der Waals surface area contributed by atoms with E-state index in [0.29, 0.717) is 13.2 Å². The largest absolute Gasteiger partial charge is 0.376 e. The molecule has 0 N–H and O–H groups in total. The van der Waals surface area contributed by atoms with Gasteiger partial charge in [-0.05, 0) is 79.6 Å². The average molecular weight is 731 g/mol. The molecular formula is C48H45OP3. The van der Waals surface area contributed by atoms with Crippen LogP contribution in [0.2, 0.25) is 0 Å². The van der Waals surface area contributed by atoms with Crippen molar-refractivity contribution in [3.05, 3.63) is 218 Å². The van der Waals surface area contributed by atoms with Crippen molar-refractivity contribution in [1.29, 1.82) is 0 Å². The molecule has 0 fully saturated rings. The predicted molar refractivity (Wildman–Crippen MR) is 230 cm³/mol. The van der Waals surface area contributed by atoms with Gasteiger partial charge >= 0.3 is 0 Å². The lowest BCUT2D eigenvalue weighted by molar-refractivity contribution is 0.0650. The molecule has 0 atom stereocenters. The van der Waals surface area contributed by atoms with Crippen molar-refractivity contribution in [2.24, 2.45) is 5.41 Å². The van der Waals surface area contributed by atoms with Gasteiger partial charge in [0, 0.05) is 5.41 Å². The van der Waals surface area contributed by atoms with Crippen LogP contribution in [0.15, 0.2) is 212 Å². The van der Waals surface area contributed by atoms with Gasteiger partial charge in [-0.3, -0.25) is 0 Å². The van der Waals surface area contributed by atoms with E-state index in [1.807, 2.05) is 0 Å². The van der Waals surface area contributed by atoms with Crippen molar-refractivity contribution >= 4 is 55.6 Å². The summed E-state index contributed by atoms with van der Waals surface area (Å²) in [6, 6.07) is 78.3. The van der Waals surface area contributed by atoms with Gasteiger partial charge in [0.25, 0.3) is 0 Å². The molecule has 7 aromatic carbocycles. The van der Waals surface area contributed by atoms with Crippen LogP contribution in [0.25, 0.3) is 0 Å². The second-order valence-corrected chi connectivity index (χ2v) is 19.9. The predicted octanol–water partition coefficient (Wildman–Crippen LogP) is 9.59. The SMILES string of the molecule is c1ccc(COCC(CP(c2ccccc2)c2ccccc2)(CP(c2ccccc2)c2ccccc2)CP(c2ccccc2)c2ccccc2)cc1. The topological polar surface area (TPSA) is 9.23 Å². The minimum Gasteiger partial charge on any atom is -0.376 e. The van der Waals surface area contributed by atoms with E-state index in [-0.39, 0.29) is 5.41 Å². The van der Waals surface area contributed by atoms with Gasteiger partial charge in [0.2, 0.25) is 0 Å². The van der Waals surface area contributed by atoms with Gasteiger partial charge in [-0.25, -0.2) is 0 Å². The van der Waals surface area contributed by atoms with Crippen LogP contribution in [0, 0.1) is 5.41 Å². The standard InChI is InChI=1S/C48H45OP3/c1-8-22-41(23-9-1)36-49-37-48(38-50(42-24-10-2-11-25-42)43-26-12-3-13-27-43,39-51(44-28-14-4-15-29-44)45-30-16-5-17-31-45)40-52(46-32-18-6-19-33-46)47-34-20-7-21-35-47/h1-35H,36-40H2. The lowest BCUT2D eigenvalue weighted by atomic mass is 9.97. The zero-order valence-corrected chi connectivity index (χ0v) is 32.2. The summed E-state index contributed by atoms with van der Waals surface area (Å²) in [5.41, 5.74) is 1.05. The summed E-state index contributed by atoms with van der Waals surface area (Å²) in [6.45, 7) is 1.28. The van der Waals surface area contributed by atoms with Crippen LogP contribution in [0.1, 0.15) is 5.56 Å². The average Bonchev–Trinajstić information content (AvgIpc) is 3.23. The van der Waals surface area contributed by atoms with Gasteiger partial charge in [0.05, 0.1) is 13.2 Å². The van der Waals surface area contributed by atoms with E-state index in [1.165, 1.54) is 37.4 Å². The highest BCUT2D eigenvalue weighted by atomic mass is 31.1. The zero-order chi connectivity index (χ0) is 35.3. The van der Waals surface area contributed by atoms with Gasteiger partial charge in [-0.1, -0.05) is 212 Å². The first-order valence-corrected chi connectivity index (χ1v) is 22.6. The molecule has 52 heavy (non-hydrogen) atoms. The van der Waals surface area contributed by atoms with Crippen LogP contribution in [0.5, 0.6) is 0 Å². The first kappa shape index (κ1) is 36.2. The summed E-state index contributed by atoms with van der Waals surface area (Å²) in [4.78, 5) is 0. The Kier molecular flexibility index (Phi) is 12.9. The highest BCUT2D eigenvalue weighted by Gasteiger charge is 2.40. The van der Waals surface area contributed by atoms with Crippen LogP contribution in [0.3, 0.4) is 0 Å². The fraction of sp³-hybridized carbons (Fsp3) is 0.125. The summed E-state index contributed by atoms with van der Waals surface area (Å²) < 4.78 is 7.03. The fourth-order valence-electron chi connectivity index (χ4n) is 6.90. The number of rotatable bonds is 16. The second kappa shape index (κ2) is 18.5. The Labute approximate surface area is 314 Å². The maximum Gasteiger partial charge on any atom is 0.0717 e. The molecule has 0 spiro atoms. The first-order chi connectivity index (χ1) is 25.8. The molecule has 0 aliphatic rings. The van der Waals surface area contributed by atoms with Crippen molar-refractivity contribution in [3.63, 3.8) is 0 Å². The van der Waals surface area contributed by atoms with Crippen LogP contribution in [-0.4, -0.2) is 25.1 Å². The normalized spacial score (nSPS) is 11.7. The Morgan fingerprint density at radius 2 is 0.538 bits per heavy atom. The van der Waals surface area contributed by atoms with E-state index in [0.717, 1.165) is 18.5 Å². The Bertz CT molecular complexity index is 1710. The number of hydrogen-bond donors (Lipinski definition) is 0. The Hall–Kier alpha value is -4.21. The molecule has 0 radical (unpaired) electrons. The van der Waals surface area contributed by atoms with Crippen LogP contribution in [-0.2, 0) is 11.3 Å². The third-order valence-corrected chi connectivity index (χ3v) is 17.9. The monoisotopic (exact) mass is 730 g/mol. The minimum atomic E-state index is -0.706. The van der Waals surface area contributed by atoms with Gasteiger partial charge in [-0.2, -0.15) is 0 Å². The van der Waals surface area contributed by atoms with Crippen molar-refractivity contribution in [1.82, 2.24) is 0 Å². The Balaban J connectivity index is 1.41. The summed E-state index contributed by atoms with van der Waals surface area (Å²) in [5.74, 6) is 0. The molecule has 0 bridgehead atoms. The smallest absolute Gasteiger partial charge is 0.0717 e. The first-order valence-electron chi connectivity index (χ1n) is 18.0. The zero-order valence-electron chi connectivity index (χ0n) is 29.5.